The van der Waals surface area contributed by atoms with Gasteiger partial charge in [-0.2, -0.15) is 0 Å². The molecule has 0 fully saturated rings. The van der Waals surface area contributed by atoms with Gasteiger partial charge < -0.3 is 4.74 Å². The van der Waals surface area contributed by atoms with E-state index in [1.54, 1.807) is 0 Å². The lowest BCUT2D eigenvalue weighted by Crippen LogP contribution is -2.11. The van der Waals surface area contributed by atoms with Gasteiger partial charge in [-0.25, -0.2) is 0 Å². The minimum absolute atomic E-state index is 0.466. The molecule has 100 valence electrons. The van der Waals surface area contributed by atoms with E-state index in [0.717, 1.165) is 18.6 Å². The number of benzene rings is 2. The summed E-state index contributed by atoms with van der Waals surface area (Å²) in [7, 11) is 0. The zero-order valence-electron chi connectivity index (χ0n) is 11.0. The van der Waals surface area contributed by atoms with E-state index < -0.39 is 0 Å². The van der Waals surface area contributed by atoms with Gasteiger partial charge in [-0.3, -0.25) is 0 Å². The zero-order chi connectivity index (χ0) is 13.3. The van der Waals surface area contributed by atoms with Crippen molar-refractivity contribution in [3.63, 3.8) is 0 Å². The van der Waals surface area contributed by atoms with E-state index >= 15 is 0 Å². The molecule has 0 heterocycles. The van der Waals surface area contributed by atoms with Crippen molar-refractivity contribution in [1.82, 2.24) is 0 Å². The molecule has 0 radical (unpaired) electrons. The van der Waals surface area contributed by atoms with E-state index in [2.05, 4.69) is 24.3 Å². The maximum Gasteiger partial charge on any atom is 0.119 e. The van der Waals surface area contributed by atoms with Crippen LogP contribution in [0.5, 0.6) is 5.75 Å². The van der Waals surface area contributed by atoms with Crippen LogP contribution in [0.3, 0.4) is 0 Å². The lowest BCUT2D eigenvalue weighted by Gasteiger charge is -2.14. The number of hydrogen-bond acceptors (Lipinski definition) is 1. The van der Waals surface area contributed by atoms with E-state index in [1.165, 1.54) is 5.56 Å². The SMILES string of the molecule is ClCC(CCOc1ccccc1)Cc1ccccc1. The topological polar surface area (TPSA) is 9.23 Å². The first-order valence-electron chi connectivity index (χ1n) is 6.66. The third-order valence-corrected chi connectivity index (χ3v) is 3.56. The number of ether oxygens (including phenoxy) is 1. The van der Waals surface area contributed by atoms with Gasteiger partial charge in [0.25, 0.3) is 0 Å². The third-order valence-electron chi connectivity index (χ3n) is 3.12. The van der Waals surface area contributed by atoms with Gasteiger partial charge in [0.05, 0.1) is 6.61 Å². The van der Waals surface area contributed by atoms with Crippen LogP contribution in [0.25, 0.3) is 0 Å². The summed E-state index contributed by atoms with van der Waals surface area (Å²) in [5.41, 5.74) is 1.34. The molecule has 19 heavy (non-hydrogen) atoms. The van der Waals surface area contributed by atoms with Gasteiger partial charge in [0.2, 0.25) is 0 Å². The Morgan fingerprint density at radius 2 is 1.53 bits per heavy atom. The normalized spacial score (nSPS) is 12.1. The zero-order valence-corrected chi connectivity index (χ0v) is 11.7. The Balaban J connectivity index is 1.77. The summed E-state index contributed by atoms with van der Waals surface area (Å²) < 4.78 is 5.72. The van der Waals surface area contributed by atoms with Crippen molar-refractivity contribution < 1.29 is 4.74 Å². The molecule has 0 aliphatic heterocycles. The van der Waals surface area contributed by atoms with Gasteiger partial charge in [-0.05, 0) is 36.5 Å². The Hall–Kier alpha value is -1.47. The minimum Gasteiger partial charge on any atom is -0.494 e. The number of rotatable bonds is 7. The predicted octanol–water partition coefficient (Wildman–Crippen LogP) is 4.55. The molecule has 0 N–H and O–H groups in total. The highest BCUT2D eigenvalue weighted by Gasteiger charge is 2.08. The molecule has 2 aromatic carbocycles. The predicted molar refractivity (Wildman–Crippen MR) is 80.9 cm³/mol. The molecule has 0 bridgehead atoms. The molecule has 1 nitrogen and oxygen atoms in total. The summed E-state index contributed by atoms with van der Waals surface area (Å²) in [4.78, 5) is 0. The van der Waals surface area contributed by atoms with Crippen molar-refractivity contribution in [2.24, 2.45) is 5.92 Å². The molecule has 1 atom stereocenters. The van der Waals surface area contributed by atoms with Crippen LogP contribution in [-0.4, -0.2) is 12.5 Å². The van der Waals surface area contributed by atoms with Gasteiger partial charge in [-0.1, -0.05) is 48.5 Å². The van der Waals surface area contributed by atoms with Crippen molar-refractivity contribution in [2.75, 3.05) is 12.5 Å². The first-order valence-corrected chi connectivity index (χ1v) is 7.19. The molecule has 0 saturated heterocycles. The van der Waals surface area contributed by atoms with Crippen LogP contribution in [0.4, 0.5) is 0 Å². The fourth-order valence-corrected chi connectivity index (χ4v) is 2.30. The molecule has 0 aromatic heterocycles. The third kappa shape index (κ3) is 4.96. The average molecular weight is 275 g/mol. The minimum atomic E-state index is 0.466. The lowest BCUT2D eigenvalue weighted by molar-refractivity contribution is 0.284. The van der Waals surface area contributed by atoms with Gasteiger partial charge >= 0.3 is 0 Å². The molecule has 2 rings (SSSR count). The molecule has 2 aromatic rings. The molecule has 0 spiro atoms. The molecular weight excluding hydrogens is 256 g/mol. The fourth-order valence-electron chi connectivity index (χ4n) is 2.04. The Labute approximate surface area is 120 Å². The van der Waals surface area contributed by atoms with Crippen molar-refractivity contribution >= 4 is 11.6 Å². The van der Waals surface area contributed by atoms with Crippen LogP contribution in [0.2, 0.25) is 0 Å². The van der Waals surface area contributed by atoms with Gasteiger partial charge in [0, 0.05) is 5.88 Å². The summed E-state index contributed by atoms with van der Waals surface area (Å²) in [5, 5.41) is 0. The van der Waals surface area contributed by atoms with E-state index in [1.807, 2.05) is 36.4 Å². The molecule has 1 unspecified atom stereocenters. The van der Waals surface area contributed by atoms with Gasteiger partial charge in [0.15, 0.2) is 0 Å². The van der Waals surface area contributed by atoms with Crippen molar-refractivity contribution in [2.45, 2.75) is 12.8 Å². The standard InChI is InChI=1S/C17H19ClO/c18-14-16(13-15-7-3-1-4-8-15)11-12-19-17-9-5-2-6-10-17/h1-10,16H,11-14H2. The van der Waals surface area contributed by atoms with E-state index in [0.29, 0.717) is 18.4 Å². The Morgan fingerprint density at radius 1 is 0.895 bits per heavy atom. The van der Waals surface area contributed by atoms with Gasteiger partial charge in [0.1, 0.15) is 5.75 Å². The summed E-state index contributed by atoms with van der Waals surface area (Å²) >= 11 is 6.04. The summed E-state index contributed by atoms with van der Waals surface area (Å²) in [5.74, 6) is 2.07. The number of para-hydroxylation sites is 1. The lowest BCUT2D eigenvalue weighted by atomic mass is 9.98. The fraction of sp³-hybridized carbons (Fsp3) is 0.294. The van der Waals surface area contributed by atoms with Crippen molar-refractivity contribution in [1.29, 1.82) is 0 Å². The maximum atomic E-state index is 6.04. The quantitative estimate of drug-likeness (QED) is 0.673. The molecule has 0 amide bonds. The molecule has 0 saturated carbocycles. The van der Waals surface area contributed by atoms with E-state index in [-0.39, 0.29) is 0 Å². The highest BCUT2D eigenvalue weighted by Crippen LogP contribution is 2.15. The van der Waals surface area contributed by atoms with E-state index in [4.69, 9.17) is 16.3 Å². The first kappa shape index (κ1) is 14.0. The van der Waals surface area contributed by atoms with Crippen molar-refractivity contribution in [3.05, 3.63) is 66.2 Å². The molecule has 2 heteroatoms. The van der Waals surface area contributed by atoms with Crippen LogP contribution in [0.15, 0.2) is 60.7 Å². The molecular formula is C17H19ClO. The van der Waals surface area contributed by atoms with E-state index in [9.17, 15) is 0 Å². The average Bonchev–Trinajstić information content (AvgIpc) is 2.48. The van der Waals surface area contributed by atoms with Crippen molar-refractivity contribution in [3.8, 4) is 5.75 Å². The second-order valence-corrected chi connectivity index (χ2v) is 4.97. The molecule has 0 aliphatic carbocycles. The second-order valence-electron chi connectivity index (χ2n) is 4.66. The summed E-state index contributed by atoms with van der Waals surface area (Å²) in [6, 6.07) is 20.4. The number of hydrogen-bond donors (Lipinski definition) is 0. The Bertz CT molecular complexity index is 455. The highest BCUT2D eigenvalue weighted by molar-refractivity contribution is 6.18. The van der Waals surface area contributed by atoms with Crippen LogP contribution in [0.1, 0.15) is 12.0 Å². The Kier molecular flexibility index (Phi) is 5.77. The van der Waals surface area contributed by atoms with Crippen LogP contribution in [0, 0.1) is 5.92 Å². The van der Waals surface area contributed by atoms with Crippen LogP contribution < -0.4 is 4.74 Å². The van der Waals surface area contributed by atoms with Crippen LogP contribution >= 0.6 is 11.6 Å². The monoisotopic (exact) mass is 274 g/mol. The number of alkyl halides is 1. The van der Waals surface area contributed by atoms with Crippen LogP contribution in [-0.2, 0) is 6.42 Å². The largest absolute Gasteiger partial charge is 0.494 e. The maximum absolute atomic E-state index is 6.04. The molecule has 0 aliphatic rings. The Morgan fingerprint density at radius 3 is 2.16 bits per heavy atom. The number of halogens is 1. The first-order chi connectivity index (χ1) is 9.38. The second kappa shape index (κ2) is 7.85. The smallest absolute Gasteiger partial charge is 0.119 e. The van der Waals surface area contributed by atoms with Gasteiger partial charge in [-0.15, -0.1) is 11.6 Å². The highest BCUT2D eigenvalue weighted by atomic mass is 35.5. The summed E-state index contributed by atoms with van der Waals surface area (Å²) in [6.07, 6.45) is 2.00. The summed E-state index contributed by atoms with van der Waals surface area (Å²) in [6.45, 7) is 0.717.